The fourth-order valence-electron chi connectivity index (χ4n) is 3.30. The number of carboxylic acids is 1. The summed E-state index contributed by atoms with van der Waals surface area (Å²) in [7, 11) is 0. The molecule has 2 aromatic rings. The van der Waals surface area contributed by atoms with Crippen molar-refractivity contribution in [3.63, 3.8) is 0 Å². The Morgan fingerprint density at radius 3 is 2.54 bits per heavy atom. The van der Waals surface area contributed by atoms with Crippen LogP contribution < -0.4 is 34.7 Å². The van der Waals surface area contributed by atoms with Gasteiger partial charge in [0.05, 0.1) is 17.9 Å². The molecule has 130 valence electrons. The first kappa shape index (κ1) is 20.6. The zero-order valence-electron chi connectivity index (χ0n) is 15.6. The molecule has 1 aliphatic carbocycles. The third-order valence-corrected chi connectivity index (χ3v) is 4.94. The fourth-order valence-corrected chi connectivity index (χ4v) is 3.30. The number of nitrogens with zero attached hydrogens (tertiary/aromatic N) is 2. The molecule has 1 heterocycles. The molecular formula is C20H21N2NaO3. The van der Waals surface area contributed by atoms with Gasteiger partial charge in [0.15, 0.2) is 0 Å². The largest absolute Gasteiger partial charge is 1.00 e. The molecule has 2 unspecified atom stereocenters. The van der Waals surface area contributed by atoms with Gasteiger partial charge in [-0.25, -0.2) is 4.98 Å². The van der Waals surface area contributed by atoms with Gasteiger partial charge in [-0.3, -0.25) is 0 Å². The zero-order valence-corrected chi connectivity index (χ0v) is 17.6. The van der Waals surface area contributed by atoms with Gasteiger partial charge in [0.1, 0.15) is 0 Å². The molecule has 6 heteroatoms. The Morgan fingerprint density at radius 2 is 2.00 bits per heavy atom. The molecule has 1 aromatic carbocycles. The predicted molar refractivity (Wildman–Crippen MR) is 93.7 cm³/mol. The number of aliphatic hydroxyl groups is 1. The Hall–Kier alpha value is -1.66. The quantitative estimate of drug-likeness (QED) is 0.702. The summed E-state index contributed by atoms with van der Waals surface area (Å²) in [6, 6.07) is 3.20. The summed E-state index contributed by atoms with van der Waals surface area (Å²) in [6.45, 7) is 5.70. The van der Waals surface area contributed by atoms with Crippen molar-refractivity contribution in [3.05, 3.63) is 71.3 Å². The number of rotatable bonds is 4. The van der Waals surface area contributed by atoms with Crippen LogP contribution in [0.2, 0.25) is 0 Å². The number of allylic oxidation sites excluding steroid dienone is 2. The van der Waals surface area contributed by atoms with E-state index >= 15 is 0 Å². The first-order valence-electron chi connectivity index (χ1n) is 8.23. The number of aromatic nitrogens is 2. The number of aryl methyl sites for hydroxylation is 2. The fraction of sp³-hybridized carbons (Fsp3) is 0.300. The van der Waals surface area contributed by atoms with E-state index in [1.807, 2.05) is 49.8 Å². The van der Waals surface area contributed by atoms with Crippen LogP contribution >= 0.6 is 0 Å². The van der Waals surface area contributed by atoms with Crippen LogP contribution in [0, 0.1) is 19.8 Å². The molecule has 0 aliphatic heterocycles. The number of hydrogen-bond acceptors (Lipinski definition) is 4. The number of imidazole rings is 1. The third kappa shape index (κ3) is 4.01. The second kappa shape index (κ2) is 7.92. The molecule has 1 aromatic heterocycles. The minimum Gasteiger partial charge on any atom is -0.545 e. The van der Waals surface area contributed by atoms with E-state index in [1.165, 1.54) is 0 Å². The Labute approximate surface area is 175 Å². The zero-order chi connectivity index (χ0) is 18.2. The summed E-state index contributed by atoms with van der Waals surface area (Å²) >= 11 is 0. The van der Waals surface area contributed by atoms with E-state index in [2.05, 4.69) is 4.98 Å². The Kier molecular flexibility index (Phi) is 6.29. The van der Waals surface area contributed by atoms with E-state index in [4.69, 9.17) is 0 Å². The monoisotopic (exact) mass is 360 g/mol. The molecule has 0 saturated heterocycles. The maximum Gasteiger partial charge on any atom is 1.00 e. The van der Waals surface area contributed by atoms with Crippen LogP contribution in [-0.4, -0.2) is 26.2 Å². The Bertz CT molecular complexity index is 848. The average molecular weight is 360 g/mol. The maximum atomic E-state index is 11.3. The van der Waals surface area contributed by atoms with Gasteiger partial charge in [0.2, 0.25) is 0 Å². The molecule has 1 N–H and O–H groups in total. The predicted octanol–water partition coefficient (Wildman–Crippen LogP) is -1.11. The SMILES string of the molecule is Cc1cc(C(=O)[O-])cc(C)c1CC1(O)C=C(n2ccnc2)C=CC1C.[Na+]. The molecule has 0 spiro atoms. The van der Waals surface area contributed by atoms with Crippen LogP contribution in [0.1, 0.15) is 34.0 Å². The second-order valence-corrected chi connectivity index (χ2v) is 6.73. The van der Waals surface area contributed by atoms with Crippen molar-refractivity contribution in [3.8, 4) is 0 Å². The van der Waals surface area contributed by atoms with Gasteiger partial charge < -0.3 is 19.6 Å². The summed E-state index contributed by atoms with van der Waals surface area (Å²) in [5, 5.41) is 22.4. The maximum absolute atomic E-state index is 11.3. The second-order valence-electron chi connectivity index (χ2n) is 6.73. The molecule has 26 heavy (non-hydrogen) atoms. The van der Waals surface area contributed by atoms with Crippen LogP contribution in [0.3, 0.4) is 0 Å². The number of carbonyl (C=O) groups excluding carboxylic acids is 1. The van der Waals surface area contributed by atoms with Crippen molar-refractivity contribution >= 4 is 11.7 Å². The molecule has 2 atom stereocenters. The van der Waals surface area contributed by atoms with E-state index < -0.39 is 11.6 Å². The summed E-state index contributed by atoms with van der Waals surface area (Å²) in [4.78, 5) is 15.2. The third-order valence-electron chi connectivity index (χ3n) is 4.94. The molecule has 5 nitrogen and oxygen atoms in total. The summed E-state index contributed by atoms with van der Waals surface area (Å²) < 4.78 is 1.85. The van der Waals surface area contributed by atoms with Crippen molar-refractivity contribution < 1.29 is 44.6 Å². The molecule has 3 rings (SSSR count). The molecule has 1 aliphatic rings. The standard InChI is InChI=1S/C20H22N2O3.Na/c1-13-8-16(19(23)24)9-14(2)18(13)11-20(25)10-17(5-4-15(20)3)22-7-6-21-12-22;/h4-10,12,15,25H,11H2,1-3H3,(H,23,24);/q;+1/p-1. The van der Waals surface area contributed by atoms with Crippen molar-refractivity contribution in [2.45, 2.75) is 32.8 Å². The van der Waals surface area contributed by atoms with Crippen molar-refractivity contribution in [1.29, 1.82) is 0 Å². The van der Waals surface area contributed by atoms with Crippen molar-refractivity contribution in [2.75, 3.05) is 0 Å². The smallest absolute Gasteiger partial charge is 0.545 e. The van der Waals surface area contributed by atoms with Crippen LogP contribution in [0.15, 0.2) is 49.1 Å². The van der Waals surface area contributed by atoms with Gasteiger partial charge in [0.25, 0.3) is 0 Å². The van der Waals surface area contributed by atoms with E-state index in [0.717, 1.165) is 22.4 Å². The van der Waals surface area contributed by atoms with Gasteiger partial charge in [-0.15, -0.1) is 0 Å². The van der Waals surface area contributed by atoms with Gasteiger partial charge >= 0.3 is 29.6 Å². The van der Waals surface area contributed by atoms with Gasteiger partial charge in [-0.2, -0.15) is 0 Å². The number of carbonyl (C=O) groups is 1. The van der Waals surface area contributed by atoms with E-state index in [1.54, 1.807) is 24.7 Å². The van der Waals surface area contributed by atoms with Gasteiger partial charge in [0, 0.05) is 30.4 Å². The van der Waals surface area contributed by atoms with Gasteiger partial charge in [-0.1, -0.05) is 13.0 Å². The van der Waals surface area contributed by atoms with E-state index in [0.29, 0.717) is 6.42 Å². The van der Waals surface area contributed by atoms with Gasteiger partial charge in [-0.05, 0) is 60.4 Å². The number of carboxylic acid groups (broad SMARTS) is 1. The molecule has 0 saturated carbocycles. The van der Waals surface area contributed by atoms with E-state index in [9.17, 15) is 15.0 Å². The minimum absolute atomic E-state index is 0. The van der Waals surface area contributed by atoms with Crippen LogP contribution in [0.4, 0.5) is 0 Å². The van der Waals surface area contributed by atoms with Crippen molar-refractivity contribution in [2.24, 2.45) is 5.92 Å². The minimum atomic E-state index is -1.19. The molecule has 0 radical (unpaired) electrons. The molecule has 0 fully saturated rings. The first-order chi connectivity index (χ1) is 11.8. The first-order valence-corrected chi connectivity index (χ1v) is 8.23. The Balaban J connectivity index is 0.00000243. The number of benzene rings is 1. The van der Waals surface area contributed by atoms with Crippen LogP contribution in [0.5, 0.6) is 0 Å². The molecule has 0 amide bonds. The summed E-state index contributed by atoms with van der Waals surface area (Å²) in [5.41, 5.74) is 2.60. The Morgan fingerprint density at radius 1 is 1.35 bits per heavy atom. The normalized spacial score (nSPS) is 21.8. The topological polar surface area (TPSA) is 78.2 Å². The summed E-state index contributed by atoms with van der Waals surface area (Å²) in [6.07, 6.45) is 11.4. The number of aromatic carboxylic acids is 1. The van der Waals surface area contributed by atoms with Crippen molar-refractivity contribution in [1.82, 2.24) is 9.55 Å². The summed E-state index contributed by atoms with van der Waals surface area (Å²) in [5.74, 6) is -1.26. The van der Waals surface area contributed by atoms with Crippen LogP contribution in [-0.2, 0) is 6.42 Å². The average Bonchev–Trinajstić information content (AvgIpc) is 3.08. The van der Waals surface area contributed by atoms with E-state index in [-0.39, 0.29) is 41.0 Å². The number of hydrogen-bond donors (Lipinski definition) is 1. The molecule has 0 bridgehead atoms. The van der Waals surface area contributed by atoms with Crippen LogP contribution in [0.25, 0.3) is 5.70 Å². The molecular weight excluding hydrogens is 339 g/mol.